The summed E-state index contributed by atoms with van der Waals surface area (Å²) in [5.74, 6) is -3.00. The molecule has 1 aromatic heterocycles. The highest BCUT2D eigenvalue weighted by atomic mass is 19.1. The molecule has 3 N–H and O–H groups in total. The molecule has 1 saturated carbocycles. The zero-order chi connectivity index (χ0) is 25.4. The van der Waals surface area contributed by atoms with Crippen LogP contribution in [0.15, 0.2) is 30.3 Å². The lowest BCUT2D eigenvalue weighted by Crippen LogP contribution is -2.40. The number of aromatic nitrogens is 2. The SMILES string of the molecule is O=C(O)C1CCC(Oc2nc3c(F)c(-c4ccc(C(=O)N5CCC(O)CC5)cc4)c(F)cc3[nH]2)CC1. The van der Waals surface area contributed by atoms with Crippen molar-refractivity contribution in [1.82, 2.24) is 14.9 Å². The average Bonchev–Trinajstić information content (AvgIpc) is 3.27. The van der Waals surface area contributed by atoms with Crippen LogP contribution in [0.3, 0.4) is 0 Å². The minimum atomic E-state index is -0.838. The summed E-state index contributed by atoms with van der Waals surface area (Å²) in [6.07, 6.45) is 2.48. The van der Waals surface area contributed by atoms with Crippen LogP contribution in [0.1, 0.15) is 48.9 Å². The van der Waals surface area contributed by atoms with Crippen molar-refractivity contribution in [3.8, 4) is 17.1 Å². The monoisotopic (exact) mass is 499 g/mol. The molecule has 190 valence electrons. The summed E-state index contributed by atoms with van der Waals surface area (Å²) in [4.78, 5) is 32.5. The lowest BCUT2D eigenvalue weighted by molar-refractivity contribution is -0.143. The Kier molecular flexibility index (Phi) is 6.61. The largest absolute Gasteiger partial charge is 0.481 e. The predicted molar refractivity (Wildman–Crippen MR) is 127 cm³/mol. The lowest BCUT2D eigenvalue weighted by atomic mass is 9.87. The Morgan fingerprint density at radius 2 is 1.69 bits per heavy atom. The second-order valence-corrected chi connectivity index (χ2v) is 9.52. The van der Waals surface area contributed by atoms with E-state index in [0.717, 1.165) is 6.07 Å². The number of nitrogens with one attached hydrogen (secondary N) is 1. The maximum Gasteiger partial charge on any atom is 0.306 e. The van der Waals surface area contributed by atoms with E-state index in [2.05, 4.69) is 9.97 Å². The number of hydrogen-bond donors (Lipinski definition) is 3. The van der Waals surface area contributed by atoms with Gasteiger partial charge in [-0.15, -0.1) is 0 Å². The number of likely N-dealkylation sites (tertiary alicyclic amines) is 1. The number of halogens is 2. The van der Waals surface area contributed by atoms with Gasteiger partial charge < -0.3 is 24.8 Å². The van der Waals surface area contributed by atoms with E-state index in [9.17, 15) is 19.1 Å². The fraction of sp³-hybridized carbons (Fsp3) is 0.423. The Balaban J connectivity index is 1.34. The van der Waals surface area contributed by atoms with Crippen molar-refractivity contribution >= 4 is 22.9 Å². The van der Waals surface area contributed by atoms with Gasteiger partial charge in [0.25, 0.3) is 11.9 Å². The number of carboxylic acids is 1. The summed E-state index contributed by atoms with van der Waals surface area (Å²) < 4.78 is 36.2. The van der Waals surface area contributed by atoms with Crippen molar-refractivity contribution in [2.75, 3.05) is 13.1 Å². The molecule has 2 heterocycles. The topological polar surface area (TPSA) is 116 Å². The van der Waals surface area contributed by atoms with Crippen molar-refractivity contribution in [2.24, 2.45) is 5.92 Å². The van der Waals surface area contributed by atoms with Crippen molar-refractivity contribution in [3.05, 3.63) is 47.5 Å². The van der Waals surface area contributed by atoms with Gasteiger partial charge >= 0.3 is 5.97 Å². The number of rotatable bonds is 5. The number of carbonyl (C=O) groups is 2. The first-order chi connectivity index (χ1) is 17.3. The number of ether oxygens (including phenoxy) is 1. The number of H-pyrrole nitrogens is 1. The van der Waals surface area contributed by atoms with Gasteiger partial charge in [-0.2, -0.15) is 4.98 Å². The molecule has 0 spiro atoms. The zero-order valence-corrected chi connectivity index (χ0v) is 19.5. The quantitative estimate of drug-likeness (QED) is 0.486. The number of carbonyl (C=O) groups excluding carboxylic acids is 1. The molecule has 0 atom stereocenters. The number of aliphatic hydroxyl groups excluding tert-OH is 1. The maximum atomic E-state index is 15.4. The highest BCUT2D eigenvalue weighted by molar-refractivity contribution is 5.95. The van der Waals surface area contributed by atoms with Gasteiger partial charge in [0.15, 0.2) is 5.82 Å². The number of fused-ring (bicyclic) bond motifs is 1. The average molecular weight is 500 g/mol. The lowest BCUT2D eigenvalue weighted by Gasteiger charge is -2.29. The maximum absolute atomic E-state index is 15.4. The van der Waals surface area contributed by atoms with Gasteiger partial charge in [-0.1, -0.05) is 12.1 Å². The van der Waals surface area contributed by atoms with E-state index in [4.69, 9.17) is 9.84 Å². The number of aliphatic hydroxyl groups is 1. The number of hydrogen-bond acceptors (Lipinski definition) is 5. The van der Waals surface area contributed by atoms with Gasteiger partial charge in [-0.05, 0) is 56.2 Å². The number of piperidine rings is 1. The predicted octanol–water partition coefficient (Wildman–Crippen LogP) is 4.13. The highest BCUT2D eigenvalue weighted by Crippen LogP contribution is 2.33. The molecule has 1 aliphatic carbocycles. The number of aromatic amines is 1. The van der Waals surface area contributed by atoms with Crippen LogP contribution in [0.4, 0.5) is 8.78 Å². The molecule has 2 aromatic carbocycles. The number of benzene rings is 2. The molecule has 0 unspecified atom stereocenters. The van der Waals surface area contributed by atoms with E-state index in [1.54, 1.807) is 17.0 Å². The Hall–Kier alpha value is -3.53. The van der Waals surface area contributed by atoms with Crippen LogP contribution >= 0.6 is 0 Å². The normalized spacial score (nSPS) is 21.0. The smallest absolute Gasteiger partial charge is 0.306 e. The van der Waals surface area contributed by atoms with Crippen LogP contribution in [0.2, 0.25) is 0 Å². The molecule has 3 aromatic rings. The molecule has 8 nitrogen and oxygen atoms in total. The van der Waals surface area contributed by atoms with E-state index >= 15 is 4.39 Å². The van der Waals surface area contributed by atoms with Gasteiger partial charge in [-0.25, -0.2) is 8.78 Å². The Bertz CT molecular complexity index is 1280. The summed E-state index contributed by atoms with van der Waals surface area (Å²) in [7, 11) is 0. The fourth-order valence-electron chi connectivity index (χ4n) is 4.99. The number of aliphatic carboxylic acids is 1. The van der Waals surface area contributed by atoms with Gasteiger partial charge in [0.05, 0.1) is 23.1 Å². The molecule has 2 aliphatic rings. The van der Waals surface area contributed by atoms with Crippen LogP contribution in [0, 0.1) is 17.6 Å². The van der Waals surface area contributed by atoms with E-state index in [-0.39, 0.29) is 46.1 Å². The van der Waals surface area contributed by atoms with Crippen LogP contribution in [-0.2, 0) is 4.79 Å². The van der Waals surface area contributed by atoms with E-state index in [1.165, 1.54) is 12.1 Å². The van der Waals surface area contributed by atoms with Gasteiger partial charge in [0, 0.05) is 24.7 Å². The first-order valence-electron chi connectivity index (χ1n) is 12.1. The molecule has 0 bridgehead atoms. The Labute approximate surface area is 205 Å². The molecular weight excluding hydrogens is 472 g/mol. The highest BCUT2D eigenvalue weighted by Gasteiger charge is 2.28. The molecule has 0 radical (unpaired) electrons. The molecule has 1 amide bonds. The number of nitrogens with zero attached hydrogens (tertiary/aromatic N) is 2. The second kappa shape index (κ2) is 9.85. The molecular formula is C26H27F2N3O5. The van der Waals surface area contributed by atoms with Gasteiger partial charge in [-0.3, -0.25) is 9.59 Å². The fourth-order valence-corrected chi connectivity index (χ4v) is 4.99. The minimum Gasteiger partial charge on any atom is -0.481 e. The summed E-state index contributed by atoms with van der Waals surface area (Å²) in [5, 5.41) is 18.8. The molecule has 1 saturated heterocycles. The third-order valence-corrected chi connectivity index (χ3v) is 7.12. The first kappa shape index (κ1) is 24.2. The standard InChI is InChI=1S/C26H27F2N3O5/c27-19-13-20-23(30-26(29-20)36-18-7-5-16(6-8-18)25(34)35)22(28)21(19)14-1-3-15(4-2-14)24(33)31-11-9-17(32)10-12-31/h1-4,13,16-18,32H,5-12H2,(H,29,30)(H,34,35). The van der Waals surface area contributed by atoms with E-state index in [1.807, 2.05) is 0 Å². The van der Waals surface area contributed by atoms with Gasteiger partial charge in [0.2, 0.25) is 0 Å². The second-order valence-electron chi connectivity index (χ2n) is 9.52. The molecule has 10 heteroatoms. The van der Waals surface area contributed by atoms with Crippen molar-refractivity contribution in [1.29, 1.82) is 0 Å². The van der Waals surface area contributed by atoms with Crippen molar-refractivity contribution < 1.29 is 33.3 Å². The van der Waals surface area contributed by atoms with E-state index < -0.39 is 23.7 Å². The summed E-state index contributed by atoms with van der Waals surface area (Å²) in [5.41, 5.74) is 0.525. The Morgan fingerprint density at radius 1 is 1.03 bits per heavy atom. The summed E-state index contributed by atoms with van der Waals surface area (Å²) in [6.45, 7) is 0.929. The molecule has 1 aliphatic heterocycles. The van der Waals surface area contributed by atoms with Crippen molar-refractivity contribution in [2.45, 2.75) is 50.7 Å². The molecule has 5 rings (SSSR count). The summed E-state index contributed by atoms with van der Waals surface area (Å²) in [6, 6.07) is 7.31. The van der Waals surface area contributed by atoms with Crippen LogP contribution in [0.25, 0.3) is 22.2 Å². The first-order valence-corrected chi connectivity index (χ1v) is 12.1. The molecule has 2 fully saturated rings. The zero-order valence-electron chi connectivity index (χ0n) is 19.5. The van der Waals surface area contributed by atoms with Gasteiger partial charge in [0.1, 0.15) is 17.4 Å². The van der Waals surface area contributed by atoms with Crippen LogP contribution < -0.4 is 4.74 Å². The number of amides is 1. The number of imidazole rings is 1. The minimum absolute atomic E-state index is 0.0619. The molecule has 36 heavy (non-hydrogen) atoms. The summed E-state index contributed by atoms with van der Waals surface area (Å²) >= 11 is 0. The third-order valence-electron chi connectivity index (χ3n) is 7.12. The van der Waals surface area contributed by atoms with Crippen LogP contribution in [0.5, 0.6) is 6.01 Å². The van der Waals surface area contributed by atoms with Crippen LogP contribution in [-0.4, -0.2) is 62.3 Å². The third kappa shape index (κ3) is 4.77. The van der Waals surface area contributed by atoms with Crippen molar-refractivity contribution in [3.63, 3.8) is 0 Å². The Morgan fingerprint density at radius 3 is 2.33 bits per heavy atom. The van der Waals surface area contributed by atoms with E-state index in [0.29, 0.717) is 57.2 Å². The number of carboxylic acid groups (broad SMARTS) is 1.